The van der Waals surface area contributed by atoms with Crippen LogP contribution in [0.2, 0.25) is 0 Å². The van der Waals surface area contributed by atoms with Crippen LogP contribution in [0, 0.1) is 11.8 Å². The summed E-state index contributed by atoms with van der Waals surface area (Å²) in [6.45, 7) is 8.95. The molecule has 4 heteroatoms. The fraction of sp³-hybridized carbons (Fsp3) is 0.286. The first-order chi connectivity index (χ1) is 15.5. The molecule has 32 heavy (non-hydrogen) atoms. The Labute approximate surface area is 189 Å². The molecule has 0 atom stereocenters. The maximum atomic E-state index is 5.26. The normalized spacial score (nSPS) is 11.9. The maximum Gasteiger partial charge on any atom is 0.108 e. The van der Waals surface area contributed by atoms with E-state index in [0.29, 0.717) is 11.8 Å². The summed E-state index contributed by atoms with van der Waals surface area (Å²) in [5, 5.41) is 2.40. The van der Waals surface area contributed by atoms with E-state index in [9.17, 15) is 0 Å². The summed E-state index contributed by atoms with van der Waals surface area (Å²) in [7, 11) is 0. The van der Waals surface area contributed by atoms with Crippen LogP contribution >= 0.6 is 0 Å². The van der Waals surface area contributed by atoms with Crippen molar-refractivity contribution in [3.05, 3.63) is 72.1 Å². The molecular weight excluding hydrogens is 392 g/mol. The molecule has 5 aromatic rings. The van der Waals surface area contributed by atoms with Gasteiger partial charge in [-0.1, -0.05) is 64.1 Å². The van der Waals surface area contributed by atoms with Crippen molar-refractivity contribution in [2.45, 2.75) is 40.5 Å². The molecule has 0 aliphatic rings. The van der Waals surface area contributed by atoms with Gasteiger partial charge in [0.15, 0.2) is 0 Å². The summed E-state index contributed by atoms with van der Waals surface area (Å²) in [4.78, 5) is 17.7. The zero-order valence-electron chi connectivity index (χ0n) is 19.2. The highest BCUT2D eigenvalue weighted by Gasteiger charge is 2.20. The first-order valence-electron chi connectivity index (χ1n) is 11.5. The number of hydrogen-bond acceptors (Lipinski definition) is 2. The number of benzene rings is 2. The number of rotatable bonds is 6. The van der Waals surface area contributed by atoms with Gasteiger partial charge >= 0.3 is 0 Å². The lowest BCUT2D eigenvalue weighted by Crippen LogP contribution is -2.10. The van der Waals surface area contributed by atoms with Crippen molar-refractivity contribution in [2.75, 3.05) is 0 Å². The lowest BCUT2D eigenvalue weighted by molar-refractivity contribution is 0.620. The van der Waals surface area contributed by atoms with E-state index in [2.05, 4.69) is 98.3 Å². The number of nitrogens with zero attached hydrogens (tertiary/aromatic N) is 2. The summed E-state index contributed by atoms with van der Waals surface area (Å²) >= 11 is 0. The average Bonchev–Trinajstić information content (AvgIpc) is 3.37. The van der Waals surface area contributed by atoms with E-state index in [-0.39, 0.29) is 0 Å². The SMILES string of the molecule is CC(C)Cc1nc(-c2cc3ccccc3[nH]2)c(CC(C)C)nc1-c1cc2ccccc2[nH]1. The van der Waals surface area contributed by atoms with E-state index in [1.807, 2.05) is 0 Å². The highest BCUT2D eigenvalue weighted by molar-refractivity contribution is 5.87. The second-order valence-electron chi connectivity index (χ2n) is 9.55. The third-order valence-electron chi connectivity index (χ3n) is 5.81. The van der Waals surface area contributed by atoms with E-state index in [1.54, 1.807) is 0 Å². The van der Waals surface area contributed by atoms with Gasteiger partial charge in [0.25, 0.3) is 0 Å². The Morgan fingerprint density at radius 1 is 0.625 bits per heavy atom. The monoisotopic (exact) mass is 422 g/mol. The average molecular weight is 423 g/mol. The van der Waals surface area contributed by atoms with E-state index in [0.717, 1.165) is 58.0 Å². The highest BCUT2D eigenvalue weighted by atomic mass is 14.9. The molecule has 0 amide bonds. The van der Waals surface area contributed by atoms with Crippen molar-refractivity contribution in [1.82, 2.24) is 19.9 Å². The van der Waals surface area contributed by atoms with Crippen LogP contribution in [0.1, 0.15) is 39.1 Å². The maximum absolute atomic E-state index is 5.26. The van der Waals surface area contributed by atoms with Gasteiger partial charge in [-0.25, -0.2) is 9.97 Å². The molecule has 2 aromatic carbocycles. The summed E-state index contributed by atoms with van der Waals surface area (Å²) in [6, 6.07) is 21.2. The van der Waals surface area contributed by atoms with Crippen LogP contribution < -0.4 is 0 Å². The van der Waals surface area contributed by atoms with Crippen LogP contribution in [0.15, 0.2) is 60.7 Å². The lowest BCUT2D eigenvalue weighted by atomic mass is 10.0. The molecule has 0 unspecified atom stereocenters. The zero-order valence-corrected chi connectivity index (χ0v) is 19.2. The molecule has 0 aliphatic heterocycles. The minimum absolute atomic E-state index is 0.485. The fourth-order valence-corrected chi connectivity index (χ4v) is 4.40. The van der Waals surface area contributed by atoms with Crippen LogP contribution in [0.5, 0.6) is 0 Å². The number of para-hydroxylation sites is 2. The lowest BCUT2D eigenvalue weighted by Gasteiger charge is -2.16. The Morgan fingerprint density at radius 2 is 1.03 bits per heavy atom. The first-order valence-corrected chi connectivity index (χ1v) is 11.5. The summed E-state index contributed by atoms with van der Waals surface area (Å²) in [6.07, 6.45) is 1.76. The van der Waals surface area contributed by atoms with Crippen LogP contribution in [-0.4, -0.2) is 19.9 Å². The van der Waals surface area contributed by atoms with E-state index >= 15 is 0 Å². The van der Waals surface area contributed by atoms with Gasteiger partial charge in [0.1, 0.15) is 11.4 Å². The van der Waals surface area contributed by atoms with Gasteiger partial charge < -0.3 is 9.97 Å². The van der Waals surface area contributed by atoms with Gasteiger partial charge in [-0.05, 0) is 48.9 Å². The van der Waals surface area contributed by atoms with Crippen molar-refractivity contribution < 1.29 is 0 Å². The molecule has 0 bridgehead atoms. The Morgan fingerprint density at radius 3 is 1.41 bits per heavy atom. The number of hydrogen-bond donors (Lipinski definition) is 2. The van der Waals surface area contributed by atoms with Crippen molar-refractivity contribution in [2.24, 2.45) is 11.8 Å². The minimum Gasteiger partial charge on any atom is -0.353 e. The van der Waals surface area contributed by atoms with Crippen molar-refractivity contribution >= 4 is 21.8 Å². The Hall–Kier alpha value is -3.40. The molecule has 0 radical (unpaired) electrons. The van der Waals surface area contributed by atoms with Gasteiger partial charge in [-0.3, -0.25) is 0 Å². The Bertz CT molecular complexity index is 1210. The van der Waals surface area contributed by atoms with E-state index in [1.165, 1.54) is 10.8 Å². The molecule has 3 aromatic heterocycles. The second kappa shape index (κ2) is 8.27. The number of H-pyrrole nitrogens is 2. The highest BCUT2D eigenvalue weighted by Crippen LogP contribution is 2.32. The third-order valence-corrected chi connectivity index (χ3v) is 5.81. The molecular formula is C28H30N4. The quantitative estimate of drug-likeness (QED) is 0.305. The van der Waals surface area contributed by atoms with Crippen molar-refractivity contribution in [3.8, 4) is 22.8 Å². The van der Waals surface area contributed by atoms with Crippen LogP contribution in [-0.2, 0) is 12.8 Å². The fourth-order valence-electron chi connectivity index (χ4n) is 4.40. The Kier molecular flexibility index (Phi) is 5.30. The third kappa shape index (κ3) is 3.93. The van der Waals surface area contributed by atoms with Crippen molar-refractivity contribution in [1.29, 1.82) is 0 Å². The van der Waals surface area contributed by atoms with Gasteiger partial charge in [-0.2, -0.15) is 0 Å². The van der Waals surface area contributed by atoms with Crippen LogP contribution in [0.25, 0.3) is 44.6 Å². The molecule has 0 fully saturated rings. The van der Waals surface area contributed by atoms with E-state index < -0.39 is 0 Å². The summed E-state index contributed by atoms with van der Waals surface area (Å²) in [5.41, 5.74) is 8.40. The smallest absolute Gasteiger partial charge is 0.108 e. The molecule has 2 N–H and O–H groups in total. The molecule has 0 aliphatic carbocycles. The standard InChI is InChI=1S/C28H30N4/c1-17(2)13-23-27(25-15-19-9-5-7-11-21(19)29-25)32-24(14-18(3)4)28(31-23)26-16-20-10-6-8-12-22(20)30-26/h5-12,15-18,29-30H,13-14H2,1-4H3. The van der Waals surface area contributed by atoms with Crippen LogP contribution in [0.3, 0.4) is 0 Å². The molecule has 5 rings (SSSR count). The molecule has 0 spiro atoms. The second-order valence-corrected chi connectivity index (χ2v) is 9.55. The first kappa shape index (κ1) is 20.5. The zero-order chi connectivity index (χ0) is 22.2. The van der Waals surface area contributed by atoms with Gasteiger partial charge in [0, 0.05) is 21.8 Å². The topological polar surface area (TPSA) is 57.4 Å². The molecule has 4 nitrogen and oxygen atoms in total. The summed E-state index contributed by atoms with van der Waals surface area (Å²) in [5.74, 6) is 0.970. The predicted octanol–water partition coefficient (Wildman–Crippen LogP) is 7.17. The summed E-state index contributed by atoms with van der Waals surface area (Å²) < 4.78 is 0. The molecule has 0 saturated heterocycles. The largest absolute Gasteiger partial charge is 0.353 e. The van der Waals surface area contributed by atoms with Gasteiger partial charge in [0.05, 0.1) is 22.8 Å². The minimum atomic E-state index is 0.485. The van der Waals surface area contributed by atoms with Crippen molar-refractivity contribution in [3.63, 3.8) is 0 Å². The number of aromatic nitrogens is 4. The van der Waals surface area contributed by atoms with E-state index in [4.69, 9.17) is 9.97 Å². The molecule has 0 saturated carbocycles. The molecule has 3 heterocycles. The van der Waals surface area contributed by atoms with Crippen LogP contribution in [0.4, 0.5) is 0 Å². The Balaban J connectivity index is 1.72. The predicted molar refractivity (Wildman–Crippen MR) is 134 cm³/mol. The molecule has 162 valence electrons. The number of fused-ring (bicyclic) bond motifs is 2. The van der Waals surface area contributed by atoms with Gasteiger partial charge in [0.2, 0.25) is 0 Å². The number of aromatic amines is 2. The van der Waals surface area contributed by atoms with Gasteiger partial charge in [-0.15, -0.1) is 0 Å². The number of nitrogens with one attached hydrogen (secondary N) is 2.